The Morgan fingerprint density at radius 3 is 3.06 bits per heavy atom. The highest BCUT2D eigenvalue weighted by molar-refractivity contribution is 5.65. The van der Waals surface area contributed by atoms with Crippen LogP contribution in [-0.4, -0.2) is 16.5 Å². The highest BCUT2D eigenvalue weighted by Crippen LogP contribution is 2.26. The maximum atomic E-state index is 11.2. The van der Waals surface area contributed by atoms with Crippen molar-refractivity contribution in [3.8, 4) is 11.4 Å². The maximum absolute atomic E-state index is 11.2. The first-order chi connectivity index (χ1) is 7.83. The van der Waals surface area contributed by atoms with Gasteiger partial charge >= 0.3 is 0 Å². The lowest BCUT2D eigenvalue weighted by Gasteiger charge is -2.03. The second-order valence-corrected chi connectivity index (χ2v) is 3.83. The molecule has 0 unspecified atom stereocenters. The Morgan fingerprint density at radius 1 is 1.25 bits per heavy atom. The zero-order valence-corrected chi connectivity index (χ0v) is 8.66. The lowest BCUT2D eigenvalue weighted by atomic mass is 10.1. The number of nitrogens with zero attached hydrogens (tertiary/aromatic N) is 1. The molecule has 1 aliphatic heterocycles. The molecule has 80 valence electrons. The maximum Gasteiger partial charge on any atom is 0.251 e. The van der Waals surface area contributed by atoms with Gasteiger partial charge < -0.3 is 10.3 Å². The SMILES string of the molecule is O=c1ccnc(-c2ccc3c(c2)CCN3)[nH]1. The van der Waals surface area contributed by atoms with E-state index in [1.165, 1.54) is 23.5 Å². The largest absolute Gasteiger partial charge is 0.384 e. The molecule has 0 saturated carbocycles. The summed E-state index contributed by atoms with van der Waals surface area (Å²) in [5, 5.41) is 3.30. The molecule has 2 N–H and O–H groups in total. The fourth-order valence-electron chi connectivity index (χ4n) is 1.97. The molecule has 0 atom stereocenters. The topological polar surface area (TPSA) is 57.8 Å². The molecule has 4 heteroatoms. The molecule has 4 nitrogen and oxygen atoms in total. The molecule has 0 radical (unpaired) electrons. The second-order valence-electron chi connectivity index (χ2n) is 3.83. The standard InChI is InChI=1S/C12H11N3O/c16-11-4-6-14-12(15-11)9-1-2-10-8(7-9)3-5-13-10/h1-2,4,6-7,13H,3,5H2,(H,14,15,16). The van der Waals surface area contributed by atoms with Crippen molar-refractivity contribution in [2.24, 2.45) is 0 Å². The molecule has 2 aromatic rings. The Hall–Kier alpha value is -2.10. The Bertz CT molecular complexity index is 589. The minimum absolute atomic E-state index is 0.122. The first-order valence-corrected chi connectivity index (χ1v) is 5.25. The van der Waals surface area contributed by atoms with Gasteiger partial charge in [-0.1, -0.05) is 0 Å². The van der Waals surface area contributed by atoms with E-state index < -0.39 is 0 Å². The third kappa shape index (κ3) is 1.48. The van der Waals surface area contributed by atoms with Crippen LogP contribution < -0.4 is 10.9 Å². The average molecular weight is 213 g/mol. The van der Waals surface area contributed by atoms with Gasteiger partial charge in [0.1, 0.15) is 5.82 Å². The molecule has 0 fully saturated rings. The Kier molecular flexibility index (Phi) is 1.99. The predicted octanol–water partition coefficient (Wildman–Crippen LogP) is 1.40. The number of aromatic nitrogens is 2. The molecule has 1 aromatic carbocycles. The van der Waals surface area contributed by atoms with Crippen molar-refractivity contribution in [3.63, 3.8) is 0 Å². The lowest BCUT2D eigenvalue weighted by molar-refractivity contribution is 1.10. The molecule has 0 bridgehead atoms. The van der Waals surface area contributed by atoms with Crippen molar-refractivity contribution in [3.05, 3.63) is 46.4 Å². The number of hydrogen-bond donors (Lipinski definition) is 2. The van der Waals surface area contributed by atoms with Crippen molar-refractivity contribution in [2.75, 3.05) is 11.9 Å². The lowest BCUT2D eigenvalue weighted by Crippen LogP contribution is -2.05. The van der Waals surface area contributed by atoms with Crippen LogP contribution >= 0.6 is 0 Å². The summed E-state index contributed by atoms with van der Waals surface area (Å²) in [4.78, 5) is 18.1. The van der Waals surface area contributed by atoms with Crippen molar-refractivity contribution in [2.45, 2.75) is 6.42 Å². The minimum atomic E-state index is -0.122. The zero-order valence-electron chi connectivity index (χ0n) is 8.66. The van der Waals surface area contributed by atoms with Crippen LogP contribution in [0.25, 0.3) is 11.4 Å². The second kappa shape index (κ2) is 3.48. The summed E-state index contributed by atoms with van der Waals surface area (Å²) in [5.41, 5.74) is 3.30. The van der Waals surface area contributed by atoms with Gasteiger partial charge in [0, 0.05) is 30.1 Å². The normalized spacial score (nSPS) is 13.2. The van der Waals surface area contributed by atoms with E-state index in [9.17, 15) is 4.79 Å². The van der Waals surface area contributed by atoms with Gasteiger partial charge in [-0.05, 0) is 30.2 Å². The molecule has 0 spiro atoms. The number of benzene rings is 1. The van der Waals surface area contributed by atoms with Crippen molar-refractivity contribution < 1.29 is 0 Å². The smallest absolute Gasteiger partial charge is 0.251 e. The van der Waals surface area contributed by atoms with Crippen molar-refractivity contribution in [1.29, 1.82) is 0 Å². The van der Waals surface area contributed by atoms with Gasteiger partial charge in [0.2, 0.25) is 0 Å². The molecule has 1 aromatic heterocycles. The van der Waals surface area contributed by atoms with Gasteiger partial charge in [-0.3, -0.25) is 4.79 Å². The molecule has 0 saturated heterocycles. The molecule has 3 rings (SSSR count). The van der Waals surface area contributed by atoms with Crippen molar-refractivity contribution >= 4 is 5.69 Å². The van der Waals surface area contributed by atoms with Crippen LogP contribution in [0.2, 0.25) is 0 Å². The summed E-state index contributed by atoms with van der Waals surface area (Å²) >= 11 is 0. The monoisotopic (exact) mass is 213 g/mol. The van der Waals surface area contributed by atoms with Crippen LogP contribution in [-0.2, 0) is 6.42 Å². The van der Waals surface area contributed by atoms with Gasteiger partial charge in [-0.15, -0.1) is 0 Å². The van der Waals surface area contributed by atoms with Crippen LogP contribution in [0.15, 0.2) is 35.3 Å². The highest BCUT2D eigenvalue weighted by Gasteiger charge is 2.11. The molecule has 0 aliphatic carbocycles. The third-order valence-electron chi connectivity index (χ3n) is 2.76. The first kappa shape index (κ1) is 9.15. The summed E-state index contributed by atoms with van der Waals surface area (Å²) in [7, 11) is 0. The van der Waals surface area contributed by atoms with Crippen LogP contribution in [0.5, 0.6) is 0 Å². The number of nitrogens with one attached hydrogen (secondary N) is 2. The first-order valence-electron chi connectivity index (χ1n) is 5.25. The highest BCUT2D eigenvalue weighted by atomic mass is 16.1. The van der Waals surface area contributed by atoms with E-state index >= 15 is 0 Å². The molecule has 0 amide bonds. The van der Waals surface area contributed by atoms with Crippen LogP contribution in [0, 0.1) is 0 Å². The van der Waals surface area contributed by atoms with E-state index in [-0.39, 0.29) is 5.56 Å². The fourth-order valence-corrected chi connectivity index (χ4v) is 1.97. The van der Waals surface area contributed by atoms with E-state index in [0.717, 1.165) is 18.5 Å². The Labute approximate surface area is 92.4 Å². The molecular weight excluding hydrogens is 202 g/mol. The number of hydrogen-bond acceptors (Lipinski definition) is 3. The Balaban J connectivity index is 2.10. The van der Waals surface area contributed by atoms with E-state index in [1.807, 2.05) is 12.1 Å². The van der Waals surface area contributed by atoms with Gasteiger partial charge in [0.15, 0.2) is 0 Å². The number of anilines is 1. The minimum Gasteiger partial charge on any atom is -0.384 e. The summed E-state index contributed by atoms with van der Waals surface area (Å²) in [6, 6.07) is 7.49. The molecule has 16 heavy (non-hydrogen) atoms. The Morgan fingerprint density at radius 2 is 2.19 bits per heavy atom. The number of H-pyrrole nitrogens is 1. The van der Waals surface area contributed by atoms with Gasteiger partial charge in [-0.25, -0.2) is 4.98 Å². The van der Waals surface area contributed by atoms with Crippen LogP contribution in [0.3, 0.4) is 0 Å². The zero-order chi connectivity index (χ0) is 11.0. The van der Waals surface area contributed by atoms with E-state index in [1.54, 1.807) is 0 Å². The van der Waals surface area contributed by atoms with Gasteiger partial charge in [0.05, 0.1) is 0 Å². The summed E-state index contributed by atoms with van der Waals surface area (Å²) in [5.74, 6) is 0.627. The van der Waals surface area contributed by atoms with Crippen LogP contribution in [0.1, 0.15) is 5.56 Å². The summed E-state index contributed by atoms with van der Waals surface area (Å²) < 4.78 is 0. The number of rotatable bonds is 1. The molecular formula is C12H11N3O. The number of fused-ring (bicyclic) bond motifs is 1. The van der Waals surface area contributed by atoms with E-state index in [0.29, 0.717) is 5.82 Å². The van der Waals surface area contributed by atoms with Gasteiger partial charge in [0.25, 0.3) is 5.56 Å². The third-order valence-corrected chi connectivity index (χ3v) is 2.76. The quantitative estimate of drug-likeness (QED) is 0.753. The summed E-state index contributed by atoms with van der Waals surface area (Å²) in [6.07, 6.45) is 2.56. The fraction of sp³-hybridized carbons (Fsp3) is 0.167. The van der Waals surface area contributed by atoms with E-state index in [2.05, 4.69) is 21.4 Å². The van der Waals surface area contributed by atoms with E-state index in [4.69, 9.17) is 0 Å². The predicted molar refractivity (Wildman–Crippen MR) is 62.5 cm³/mol. The average Bonchev–Trinajstić information content (AvgIpc) is 2.75. The molecule has 2 heterocycles. The molecule has 1 aliphatic rings. The summed E-state index contributed by atoms with van der Waals surface area (Å²) in [6.45, 7) is 0.984. The van der Waals surface area contributed by atoms with Crippen LogP contribution in [0.4, 0.5) is 5.69 Å². The number of aromatic amines is 1. The van der Waals surface area contributed by atoms with Gasteiger partial charge in [-0.2, -0.15) is 0 Å². The van der Waals surface area contributed by atoms with Crippen molar-refractivity contribution in [1.82, 2.24) is 9.97 Å².